The van der Waals surface area contributed by atoms with Gasteiger partial charge in [0.1, 0.15) is 12.1 Å². The summed E-state index contributed by atoms with van der Waals surface area (Å²) in [7, 11) is -5.74. The number of nitrogens with zero attached hydrogens (tertiary/aromatic N) is 3. The molecular weight excluding hydrogens is 589 g/mol. The summed E-state index contributed by atoms with van der Waals surface area (Å²) < 4.78 is 40.2. The highest BCUT2D eigenvalue weighted by atomic mass is 32.1. The molecule has 3 saturated heterocycles. The minimum absolute atomic E-state index is 0.0698. The van der Waals surface area contributed by atoms with Crippen molar-refractivity contribution in [2.24, 2.45) is 0 Å². The maximum absolute atomic E-state index is 14.2. The van der Waals surface area contributed by atoms with Crippen LogP contribution >= 0.6 is 18.9 Å². The normalized spacial score (nSPS) is 23.4. The Morgan fingerprint density at radius 3 is 2.57 bits per heavy atom. The zero-order valence-corrected chi connectivity index (χ0v) is 24.1. The highest BCUT2D eigenvalue weighted by Crippen LogP contribution is 2.59. The third kappa shape index (κ3) is 5.12. The summed E-state index contributed by atoms with van der Waals surface area (Å²) in [4.78, 5) is 66.5. The summed E-state index contributed by atoms with van der Waals surface area (Å²) in [6.45, 7) is 1.10. The minimum Gasteiger partial charge on any atom is -0.340 e. The van der Waals surface area contributed by atoms with Gasteiger partial charge >= 0.3 is 13.3 Å². The Morgan fingerprint density at radius 1 is 1.07 bits per heavy atom. The lowest BCUT2D eigenvalue weighted by Gasteiger charge is -2.42. The Labute approximate surface area is 243 Å². The molecule has 3 aliphatic rings. The zero-order valence-electron chi connectivity index (χ0n) is 22.4. The van der Waals surface area contributed by atoms with E-state index in [0.29, 0.717) is 37.1 Å². The molecule has 0 saturated carbocycles. The number of hydrogen-bond donors (Lipinski definition) is 3. The first-order valence-corrected chi connectivity index (χ1v) is 16.2. The molecule has 0 unspecified atom stereocenters. The van der Waals surface area contributed by atoms with Crippen LogP contribution in [0, 0.1) is 0 Å². The van der Waals surface area contributed by atoms with Gasteiger partial charge in [-0.1, -0.05) is 12.1 Å². The number of benzene rings is 1. The van der Waals surface area contributed by atoms with E-state index in [4.69, 9.17) is 9.79 Å². The monoisotopic (exact) mass is 618 g/mol. The molecule has 2 aromatic heterocycles. The molecule has 42 heavy (non-hydrogen) atoms. The van der Waals surface area contributed by atoms with Crippen molar-refractivity contribution >= 4 is 46.7 Å². The molecule has 3 fully saturated rings. The van der Waals surface area contributed by atoms with Crippen LogP contribution in [-0.2, 0) is 19.8 Å². The predicted octanol–water partition coefficient (Wildman–Crippen LogP) is 3.79. The number of aromatic nitrogens is 1. The van der Waals surface area contributed by atoms with Gasteiger partial charge in [-0.3, -0.25) is 23.9 Å². The average Bonchev–Trinajstić information content (AvgIpc) is 3.52. The zero-order chi connectivity index (χ0) is 29.8. The van der Waals surface area contributed by atoms with Crippen LogP contribution in [0.4, 0.5) is 8.78 Å². The van der Waals surface area contributed by atoms with Gasteiger partial charge in [-0.2, -0.15) is 8.78 Å². The van der Waals surface area contributed by atoms with Gasteiger partial charge < -0.3 is 24.9 Å². The minimum atomic E-state index is -5.74. The van der Waals surface area contributed by atoms with Gasteiger partial charge in [0, 0.05) is 47.2 Å². The highest BCUT2D eigenvalue weighted by molar-refractivity contribution is 7.52. The van der Waals surface area contributed by atoms with E-state index in [1.165, 1.54) is 12.1 Å². The molecule has 3 N–H and O–H groups in total. The lowest BCUT2D eigenvalue weighted by Crippen LogP contribution is -2.58. The molecule has 0 spiro atoms. The quantitative estimate of drug-likeness (QED) is 0.357. The number of thiophene rings is 1. The molecule has 3 amide bonds. The number of halogens is 2. The smallest absolute Gasteiger partial charge is 0.340 e. The highest BCUT2D eigenvalue weighted by Gasteiger charge is 2.50. The number of pyridine rings is 1. The number of rotatable bonds is 6. The number of carbonyl (C=O) groups excluding carboxylic acids is 3. The number of hydrogen-bond acceptors (Lipinski definition) is 6. The van der Waals surface area contributed by atoms with Crippen LogP contribution in [0.1, 0.15) is 59.0 Å². The molecule has 222 valence electrons. The molecule has 1 aromatic carbocycles. The SMILES string of the molecule is O=C(N[C@H]1CCC[C@H]2CC[C@@H](C(=O)N3CC(c4ccccn4)C3)N2C1=O)c1cc2cc(C(F)(F)P(=O)(O)O)ccc2s1. The maximum atomic E-state index is 14.2. The second-order valence-corrected chi connectivity index (χ2v) is 13.8. The summed E-state index contributed by atoms with van der Waals surface area (Å²) in [5.74, 6) is -0.774. The number of nitrogens with one attached hydrogen (secondary N) is 1. The predicted molar refractivity (Wildman–Crippen MR) is 150 cm³/mol. The topological polar surface area (TPSA) is 140 Å². The summed E-state index contributed by atoms with van der Waals surface area (Å²) in [5, 5.41) is 3.02. The van der Waals surface area contributed by atoms with Gasteiger partial charge in [-0.05, 0) is 67.8 Å². The molecule has 0 aliphatic carbocycles. The number of alkyl halides is 2. The molecule has 10 nitrogen and oxygen atoms in total. The second-order valence-electron chi connectivity index (χ2n) is 11.1. The Morgan fingerprint density at radius 2 is 1.86 bits per heavy atom. The molecule has 0 radical (unpaired) electrons. The molecule has 5 heterocycles. The summed E-state index contributed by atoms with van der Waals surface area (Å²) in [6.07, 6.45) is 4.85. The van der Waals surface area contributed by atoms with Gasteiger partial charge in [0.25, 0.3) is 5.91 Å². The molecule has 3 aliphatic heterocycles. The van der Waals surface area contributed by atoms with E-state index in [0.717, 1.165) is 42.0 Å². The van der Waals surface area contributed by atoms with E-state index in [9.17, 15) is 27.7 Å². The fourth-order valence-corrected chi connectivity index (χ4v) is 7.57. The van der Waals surface area contributed by atoms with E-state index < -0.39 is 36.8 Å². The lowest BCUT2D eigenvalue weighted by molar-refractivity contribution is -0.148. The summed E-state index contributed by atoms with van der Waals surface area (Å²) >= 11 is 1.02. The summed E-state index contributed by atoms with van der Waals surface area (Å²) in [5.41, 5.74) is -4.28. The van der Waals surface area contributed by atoms with Crippen molar-refractivity contribution in [3.8, 4) is 0 Å². The second kappa shape index (κ2) is 10.8. The number of fused-ring (bicyclic) bond motifs is 2. The molecule has 0 bridgehead atoms. The van der Waals surface area contributed by atoms with Gasteiger partial charge in [-0.25, -0.2) is 0 Å². The maximum Gasteiger partial charge on any atom is 0.399 e. The van der Waals surface area contributed by atoms with Crippen LogP contribution in [-0.4, -0.2) is 73.5 Å². The first-order valence-electron chi connectivity index (χ1n) is 13.7. The largest absolute Gasteiger partial charge is 0.399 e. The Kier molecular flexibility index (Phi) is 7.41. The van der Waals surface area contributed by atoms with Crippen molar-refractivity contribution in [3.63, 3.8) is 0 Å². The van der Waals surface area contributed by atoms with Crippen LogP contribution in [0.5, 0.6) is 0 Å². The van der Waals surface area contributed by atoms with Crippen molar-refractivity contribution in [2.45, 2.75) is 61.8 Å². The molecular formula is C28H29F2N4O6PS. The lowest BCUT2D eigenvalue weighted by atomic mass is 9.94. The Bertz CT molecular complexity index is 1590. The molecule has 3 aromatic rings. The van der Waals surface area contributed by atoms with E-state index in [2.05, 4.69) is 10.3 Å². The van der Waals surface area contributed by atoms with Gasteiger partial charge in [0.2, 0.25) is 11.8 Å². The van der Waals surface area contributed by atoms with E-state index in [1.54, 1.807) is 16.0 Å². The Balaban J connectivity index is 1.15. The van der Waals surface area contributed by atoms with Gasteiger partial charge in [0.15, 0.2) is 0 Å². The first kappa shape index (κ1) is 28.9. The standard InChI is InChI=1S/C28H29F2N4O6PS/c29-28(30,41(38,39)40)18-7-10-23-16(12-18)13-24(42-23)25(35)32-21-6-3-4-19-8-9-22(34(19)26(21)36)27(37)33-14-17(15-33)20-5-1-2-11-31-20/h1-2,5,7,10-13,17,19,21-22H,3-4,6,8-9,14-15H2,(H,32,35)(H2,38,39,40)/t19-,21-,22-/m0/s1. The van der Waals surface area contributed by atoms with Crippen molar-refractivity contribution in [2.75, 3.05) is 13.1 Å². The average molecular weight is 619 g/mol. The van der Waals surface area contributed by atoms with Crippen molar-refractivity contribution in [3.05, 3.63) is 64.8 Å². The molecule has 6 rings (SSSR count). The van der Waals surface area contributed by atoms with Crippen molar-refractivity contribution < 1.29 is 37.5 Å². The summed E-state index contributed by atoms with van der Waals surface area (Å²) in [6, 6.07) is 8.74. The van der Waals surface area contributed by atoms with E-state index >= 15 is 0 Å². The third-order valence-electron chi connectivity index (χ3n) is 8.43. The Hall–Kier alpha value is -3.25. The third-order valence-corrected chi connectivity index (χ3v) is 10.5. The van der Waals surface area contributed by atoms with Crippen LogP contribution < -0.4 is 5.32 Å². The van der Waals surface area contributed by atoms with E-state index in [1.807, 2.05) is 18.2 Å². The molecule has 3 atom stereocenters. The van der Waals surface area contributed by atoms with Crippen LogP contribution in [0.2, 0.25) is 0 Å². The van der Waals surface area contributed by atoms with Crippen LogP contribution in [0.3, 0.4) is 0 Å². The van der Waals surface area contributed by atoms with Gasteiger partial charge in [-0.15, -0.1) is 11.3 Å². The van der Waals surface area contributed by atoms with Crippen LogP contribution in [0.15, 0.2) is 48.7 Å². The number of likely N-dealkylation sites (tertiary alicyclic amines) is 1. The fraction of sp³-hybridized carbons (Fsp3) is 0.429. The molecule has 14 heteroatoms. The van der Waals surface area contributed by atoms with Gasteiger partial charge in [0.05, 0.1) is 4.88 Å². The van der Waals surface area contributed by atoms with Crippen molar-refractivity contribution in [1.29, 1.82) is 0 Å². The van der Waals surface area contributed by atoms with Crippen molar-refractivity contribution in [1.82, 2.24) is 20.1 Å². The van der Waals surface area contributed by atoms with Crippen LogP contribution in [0.25, 0.3) is 10.1 Å². The number of amides is 3. The number of carbonyl (C=O) groups is 3. The fourth-order valence-electron chi connectivity index (χ4n) is 6.15. The first-order chi connectivity index (χ1) is 19.9. The van der Waals surface area contributed by atoms with E-state index in [-0.39, 0.29) is 34.0 Å².